The fraction of sp³-hybridized carbons (Fsp3) is 0.375. The van der Waals surface area contributed by atoms with Crippen molar-refractivity contribution in [2.75, 3.05) is 13.2 Å². The van der Waals surface area contributed by atoms with Gasteiger partial charge in [0.05, 0.1) is 0 Å². The van der Waals surface area contributed by atoms with Gasteiger partial charge in [-0.25, -0.2) is 0 Å². The van der Waals surface area contributed by atoms with E-state index in [4.69, 9.17) is 10.2 Å². The molecule has 0 aliphatic rings. The van der Waals surface area contributed by atoms with Crippen LogP contribution in [0.2, 0.25) is 0 Å². The third kappa shape index (κ3) is 4.37. The molecule has 0 saturated heterocycles. The number of hydrogen-bond acceptors (Lipinski definition) is 2. The van der Waals surface area contributed by atoms with Gasteiger partial charge >= 0.3 is 0 Å². The van der Waals surface area contributed by atoms with Crippen LogP contribution >= 0.6 is 0 Å². The van der Waals surface area contributed by atoms with E-state index < -0.39 is 0 Å². The second kappa shape index (κ2) is 10.7. The van der Waals surface area contributed by atoms with Crippen molar-refractivity contribution in [1.29, 1.82) is 0 Å². The van der Waals surface area contributed by atoms with E-state index in [2.05, 4.69) is 60.7 Å². The highest BCUT2D eigenvalue weighted by Gasteiger charge is 2.15. The summed E-state index contributed by atoms with van der Waals surface area (Å²) in [6.45, 7) is 0.606. The van der Waals surface area contributed by atoms with E-state index in [-0.39, 0.29) is 0 Å². The summed E-state index contributed by atoms with van der Waals surface area (Å²) >= 11 is 0. The van der Waals surface area contributed by atoms with Crippen LogP contribution in [0.15, 0.2) is 60.7 Å². The second-order valence-corrected chi connectivity index (χ2v) is 9.78. The van der Waals surface area contributed by atoms with Gasteiger partial charge in [-0.1, -0.05) is 86.3 Å². The fourth-order valence-electron chi connectivity index (χ4n) is 5.83. The summed E-state index contributed by atoms with van der Waals surface area (Å²) in [7, 11) is 0. The monoisotopic (exact) mass is 452 g/mol. The zero-order valence-corrected chi connectivity index (χ0v) is 20.2. The molecule has 2 nitrogen and oxygen atoms in total. The Kier molecular flexibility index (Phi) is 7.27. The third-order valence-electron chi connectivity index (χ3n) is 7.55. The standard InChI is InChI=1S/C32H36O2/c33-21-7-3-1-5-11-23-17-19-29-28-16-10-14-26-24(12-6-2-4-8-22-34)18-20-30(32(26)28)27-15-9-13-25(23)31(27)29/h9-10,13-20,33-34H,1-8,11-12,21-22H2. The van der Waals surface area contributed by atoms with E-state index in [0.717, 1.165) is 38.5 Å². The molecule has 0 aliphatic carbocycles. The van der Waals surface area contributed by atoms with Crippen molar-refractivity contribution in [2.24, 2.45) is 0 Å². The second-order valence-electron chi connectivity index (χ2n) is 9.78. The molecule has 176 valence electrons. The number of aliphatic hydroxyl groups is 2. The molecule has 0 amide bonds. The number of rotatable bonds is 12. The smallest absolute Gasteiger partial charge is 0.0431 e. The van der Waals surface area contributed by atoms with E-state index >= 15 is 0 Å². The highest BCUT2D eigenvalue weighted by atomic mass is 16.3. The molecule has 0 aliphatic heterocycles. The van der Waals surface area contributed by atoms with Crippen LogP contribution in [0, 0.1) is 0 Å². The van der Waals surface area contributed by atoms with Gasteiger partial charge in [0.1, 0.15) is 0 Å². The van der Waals surface area contributed by atoms with Crippen molar-refractivity contribution >= 4 is 43.1 Å². The van der Waals surface area contributed by atoms with Crippen molar-refractivity contribution in [2.45, 2.75) is 64.2 Å². The number of benzene rings is 5. The number of unbranched alkanes of at least 4 members (excludes halogenated alkanes) is 6. The van der Waals surface area contributed by atoms with Gasteiger partial charge in [-0.15, -0.1) is 0 Å². The summed E-state index contributed by atoms with van der Waals surface area (Å²) in [6.07, 6.45) is 10.9. The van der Waals surface area contributed by atoms with E-state index in [0.29, 0.717) is 13.2 Å². The lowest BCUT2D eigenvalue weighted by Gasteiger charge is -2.18. The summed E-state index contributed by atoms with van der Waals surface area (Å²) in [5.41, 5.74) is 2.89. The van der Waals surface area contributed by atoms with Crippen LogP contribution in [0.4, 0.5) is 0 Å². The van der Waals surface area contributed by atoms with Crippen molar-refractivity contribution in [3.8, 4) is 0 Å². The van der Waals surface area contributed by atoms with Crippen LogP contribution in [0.5, 0.6) is 0 Å². The van der Waals surface area contributed by atoms with E-state index in [1.165, 1.54) is 79.9 Å². The topological polar surface area (TPSA) is 40.5 Å². The maximum absolute atomic E-state index is 9.04. The predicted octanol–water partition coefficient (Wildman–Crippen LogP) is 7.93. The lowest BCUT2D eigenvalue weighted by Crippen LogP contribution is -1.94. The SMILES string of the molecule is OCCCCCCc1ccc2c3cccc4c(CCCCCCO)ccc(c5cccc1c52)c43. The molecule has 0 bridgehead atoms. The summed E-state index contributed by atoms with van der Waals surface area (Å²) in [6, 6.07) is 23.1. The fourth-order valence-corrected chi connectivity index (χ4v) is 5.83. The Morgan fingerprint density at radius 2 is 0.765 bits per heavy atom. The highest BCUT2D eigenvalue weighted by molar-refractivity contribution is 6.33. The molecule has 34 heavy (non-hydrogen) atoms. The van der Waals surface area contributed by atoms with Gasteiger partial charge in [0.15, 0.2) is 0 Å². The minimum absolute atomic E-state index is 0.303. The molecular weight excluding hydrogens is 416 g/mol. The molecular formula is C32H36O2. The van der Waals surface area contributed by atoms with Crippen molar-refractivity contribution in [3.63, 3.8) is 0 Å². The minimum atomic E-state index is 0.303. The normalized spacial score (nSPS) is 12.1. The summed E-state index contributed by atoms with van der Waals surface area (Å²) in [5.74, 6) is 0. The van der Waals surface area contributed by atoms with E-state index in [9.17, 15) is 0 Å². The molecule has 0 radical (unpaired) electrons. The highest BCUT2D eigenvalue weighted by Crippen LogP contribution is 2.42. The van der Waals surface area contributed by atoms with Crippen LogP contribution in [-0.2, 0) is 12.8 Å². The number of aliphatic hydroxyl groups excluding tert-OH is 2. The predicted molar refractivity (Wildman–Crippen MR) is 146 cm³/mol. The zero-order chi connectivity index (χ0) is 23.3. The minimum Gasteiger partial charge on any atom is -0.396 e. The first-order valence-corrected chi connectivity index (χ1v) is 13.1. The average molecular weight is 453 g/mol. The quantitative estimate of drug-likeness (QED) is 0.115. The van der Waals surface area contributed by atoms with Gasteiger partial charge in [0.25, 0.3) is 0 Å². The third-order valence-corrected chi connectivity index (χ3v) is 7.55. The van der Waals surface area contributed by atoms with Crippen molar-refractivity contribution < 1.29 is 10.2 Å². The Bertz CT molecular complexity index is 1260. The lowest BCUT2D eigenvalue weighted by molar-refractivity contribution is 0.282. The molecule has 5 aromatic rings. The van der Waals surface area contributed by atoms with Crippen LogP contribution < -0.4 is 0 Å². The summed E-state index contributed by atoms with van der Waals surface area (Å²) in [4.78, 5) is 0. The number of hydrogen-bond donors (Lipinski definition) is 2. The van der Waals surface area contributed by atoms with E-state index in [1.807, 2.05) is 0 Å². The molecule has 2 N–H and O–H groups in total. The summed E-state index contributed by atoms with van der Waals surface area (Å²) in [5, 5.41) is 29.2. The Balaban J connectivity index is 1.57. The first-order valence-electron chi connectivity index (χ1n) is 13.1. The Labute approximate surface area is 202 Å². The Morgan fingerprint density at radius 1 is 0.382 bits per heavy atom. The van der Waals surface area contributed by atoms with E-state index in [1.54, 1.807) is 0 Å². The molecule has 5 rings (SSSR count). The van der Waals surface area contributed by atoms with Gasteiger partial charge in [-0.05, 0) is 92.7 Å². The Hall–Kier alpha value is -2.68. The molecule has 0 aromatic heterocycles. The number of aryl methyl sites for hydroxylation is 2. The van der Waals surface area contributed by atoms with Gasteiger partial charge in [-0.3, -0.25) is 0 Å². The zero-order valence-electron chi connectivity index (χ0n) is 20.2. The van der Waals surface area contributed by atoms with Gasteiger partial charge in [0.2, 0.25) is 0 Å². The molecule has 0 heterocycles. The van der Waals surface area contributed by atoms with Crippen molar-refractivity contribution in [3.05, 3.63) is 71.8 Å². The maximum atomic E-state index is 9.04. The lowest BCUT2D eigenvalue weighted by atomic mass is 9.86. The van der Waals surface area contributed by atoms with Gasteiger partial charge < -0.3 is 10.2 Å². The van der Waals surface area contributed by atoms with Crippen molar-refractivity contribution in [1.82, 2.24) is 0 Å². The first kappa shape index (κ1) is 23.1. The number of fused-ring (bicyclic) bond motifs is 2. The molecule has 0 spiro atoms. The molecule has 5 aromatic carbocycles. The molecule has 0 atom stereocenters. The maximum Gasteiger partial charge on any atom is 0.0431 e. The molecule has 0 fully saturated rings. The molecule has 2 heteroatoms. The van der Waals surface area contributed by atoms with Crippen LogP contribution in [-0.4, -0.2) is 23.4 Å². The average Bonchev–Trinajstić information content (AvgIpc) is 2.87. The molecule has 0 unspecified atom stereocenters. The summed E-state index contributed by atoms with van der Waals surface area (Å²) < 4.78 is 0. The van der Waals surface area contributed by atoms with Crippen LogP contribution in [0.1, 0.15) is 62.5 Å². The van der Waals surface area contributed by atoms with Crippen LogP contribution in [0.25, 0.3) is 43.1 Å². The first-order chi connectivity index (χ1) is 16.8. The Morgan fingerprint density at radius 3 is 1.21 bits per heavy atom. The molecule has 0 saturated carbocycles. The van der Waals surface area contributed by atoms with Gasteiger partial charge in [-0.2, -0.15) is 0 Å². The largest absolute Gasteiger partial charge is 0.396 e. The van der Waals surface area contributed by atoms with Gasteiger partial charge in [0, 0.05) is 13.2 Å². The van der Waals surface area contributed by atoms with Crippen LogP contribution in [0.3, 0.4) is 0 Å².